The minimum absolute atomic E-state index is 0.175. The van der Waals surface area contributed by atoms with Gasteiger partial charge in [0.2, 0.25) is 0 Å². The number of carbonyl (C=O) groups is 3. The molecule has 0 aliphatic heterocycles. The van der Waals surface area contributed by atoms with Crippen LogP contribution in [0.2, 0.25) is 0 Å². The van der Waals surface area contributed by atoms with Crippen molar-refractivity contribution in [1.82, 2.24) is 21.3 Å². The Hall–Kier alpha value is -2.19. The summed E-state index contributed by atoms with van der Waals surface area (Å²) >= 11 is 0. The van der Waals surface area contributed by atoms with E-state index in [1.807, 2.05) is 41.5 Å². The molecule has 6 rings (SSSR count). The van der Waals surface area contributed by atoms with Crippen molar-refractivity contribution in [2.45, 2.75) is 113 Å². The number of hydrogen-bond donors (Lipinski definition) is 4. The highest BCUT2D eigenvalue weighted by molar-refractivity contribution is 5.79. The van der Waals surface area contributed by atoms with Gasteiger partial charge in [-0.3, -0.25) is 0 Å². The molecule has 6 aliphatic carbocycles. The van der Waals surface area contributed by atoms with Crippen molar-refractivity contribution >= 4 is 18.2 Å². The van der Waals surface area contributed by atoms with Gasteiger partial charge in [-0.25, -0.2) is 14.4 Å². The van der Waals surface area contributed by atoms with Crippen LogP contribution < -0.4 is 21.3 Å². The second kappa shape index (κ2) is 5.95. The number of hydrogen-bond acceptors (Lipinski definition) is 5. The Morgan fingerprint density at radius 2 is 0.833 bits per heavy atom. The summed E-state index contributed by atoms with van der Waals surface area (Å²) in [6.07, 6.45) is 3.54. The smallest absolute Gasteiger partial charge is 0.408 e. The number of alkyl carbamates (subject to hydrolysis) is 2. The second-order valence-corrected chi connectivity index (χ2v) is 12.0. The Morgan fingerprint density at radius 1 is 0.567 bits per heavy atom. The molecule has 0 spiro atoms. The summed E-state index contributed by atoms with van der Waals surface area (Å²) in [5.41, 5.74) is -1.99. The van der Waals surface area contributed by atoms with Gasteiger partial charge >= 0.3 is 18.2 Å². The fourth-order valence-electron chi connectivity index (χ4n) is 5.66. The van der Waals surface area contributed by atoms with Gasteiger partial charge < -0.3 is 30.7 Å². The van der Waals surface area contributed by atoms with Crippen LogP contribution in [0.3, 0.4) is 0 Å². The first-order chi connectivity index (χ1) is 13.5. The van der Waals surface area contributed by atoms with Crippen LogP contribution in [0.1, 0.15) is 80.1 Å². The highest BCUT2D eigenvalue weighted by atomic mass is 16.6. The quantitative estimate of drug-likeness (QED) is 0.556. The van der Waals surface area contributed by atoms with Crippen molar-refractivity contribution < 1.29 is 23.9 Å². The van der Waals surface area contributed by atoms with Gasteiger partial charge in [0.25, 0.3) is 0 Å². The van der Waals surface area contributed by atoms with E-state index < -0.39 is 23.4 Å². The second-order valence-electron chi connectivity index (χ2n) is 12.0. The summed E-state index contributed by atoms with van der Waals surface area (Å²) in [7, 11) is 0. The molecule has 4 bridgehead atoms. The van der Waals surface area contributed by atoms with E-state index >= 15 is 0 Å². The number of carbonyl (C=O) groups excluding carboxylic acids is 3. The summed E-state index contributed by atoms with van der Waals surface area (Å²) in [5.74, 6) is 0. The van der Waals surface area contributed by atoms with Crippen LogP contribution in [0.15, 0.2) is 0 Å². The fourth-order valence-corrected chi connectivity index (χ4v) is 5.66. The van der Waals surface area contributed by atoms with Crippen molar-refractivity contribution in [3.8, 4) is 0 Å². The number of rotatable bonds is 4. The molecule has 0 radical (unpaired) electrons. The molecule has 4 N–H and O–H groups in total. The molecule has 0 saturated heterocycles. The molecule has 0 heterocycles. The number of ether oxygens (including phenoxy) is 2. The van der Waals surface area contributed by atoms with Crippen molar-refractivity contribution in [3.05, 3.63) is 0 Å². The molecule has 9 heteroatoms. The molecule has 9 nitrogen and oxygen atoms in total. The van der Waals surface area contributed by atoms with Crippen LogP contribution >= 0.6 is 0 Å². The van der Waals surface area contributed by atoms with Gasteiger partial charge in [0.1, 0.15) is 11.2 Å². The van der Waals surface area contributed by atoms with Crippen molar-refractivity contribution in [2.24, 2.45) is 0 Å². The standard InChI is InChI=1S/C21H34N4O5/c1-16(2,3)29-14(27)24-20-7-18(8-20,9-20)22-13(26)23-19-10-21(11-19,12-19)25-15(28)30-17(4,5)6/h7-12H2,1-6H3,(H,24,27)(H,25,28)(H2,22,23,26). The molecular formula is C21H34N4O5. The summed E-state index contributed by atoms with van der Waals surface area (Å²) in [4.78, 5) is 36.4. The van der Waals surface area contributed by atoms with Crippen molar-refractivity contribution in [1.29, 1.82) is 0 Å². The number of urea groups is 1. The fraction of sp³-hybridized carbons (Fsp3) is 0.857. The van der Waals surface area contributed by atoms with Crippen LogP contribution in [-0.4, -0.2) is 51.6 Å². The highest BCUT2D eigenvalue weighted by Gasteiger charge is 2.72. The first-order valence-corrected chi connectivity index (χ1v) is 10.7. The molecule has 168 valence electrons. The van der Waals surface area contributed by atoms with Crippen molar-refractivity contribution in [2.75, 3.05) is 0 Å². The third-order valence-corrected chi connectivity index (χ3v) is 6.35. The van der Waals surface area contributed by atoms with Crippen LogP contribution in [-0.2, 0) is 9.47 Å². The Balaban J connectivity index is 1.16. The van der Waals surface area contributed by atoms with Crippen molar-refractivity contribution in [3.63, 3.8) is 0 Å². The van der Waals surface area contributed by atoms with Gasteiger partial charge in [-0.1, -0.05) is 0 Å². The molecule has 0 unspecified atom stereocenters. The minimum atomic E-state index is -0.526. The van der Waals surface area contributed by atoms with E-state index in [-0.39, 0.29) is 28.2 Å². The predicted molar refractivity (Wildman–Crippen MR) is 109 cm³/mol. The lowest BCUT2D eigenvalue weighted by Crippen LogP contribution is -2.87. The van der Waals surface area contributed by atoms with E-state index in [1.165, 1.54) is 0 Å². The monoisotopic (exact) mass is 422 g/mol. The zero-order chi connectivity index (χ0) is 22.2. The zero-order valence-electron chi connectivity index (χ0n) is 18.8. The molecule has 0 aromatic carbocycles. The van der Waals surface area contributed by atoms with Gasteiger partial charge in [-0.15, -0.1) is 0 Å². The van der Waals surface area contributed by atoms with Crippen LogP contribution in [0.25, 0.3) is 0 Å². The normalized spacial score (nSPS) is 37.8. The van der Waals surface area contributed by atoms with E-state index in [9.17, 15) is 14.4 Å². The topological polar surface area (TPSA) is 118 Å². The molecule has 0 aromatic heterocycles. The zero-order valence-corrected chi connectivity index (χ0v) is 18.8. The predicted octanol–water partition coefficient (Wildman–Crippen LogP) is 2.69. The molecule has 4 amide bonds. The Bertz CT molecular complexity index is 691. The molecule has 0 atom stereocenters. The maximum absolute atomic E-state index is 12.5. The lowest BCUT2D eigenvalue weighted by molar-refractivity contribution is -0.107. The molecule has 6 saturated carbocycles. The third kappa shape index (κ3) is 3.90. The van der Waals surface area contributed by atoms with Crippen LogP contribution in [0.5, 0.6) is 0 Å². The molecule has 6 aliphatic rings. The average Bonchev–Trinajstić information content (AvgIpc) is 2.35. The first kappa shape index (κ1) is 21.1. The summed E-state index contributed by atoms with van der Waals surface area (Å²) < 4.78 is 10.6. The Morgan fingerprint density at radius 3 is 1.10 bits per heavy atom. The summed E-state index contributed by atoms with van der Waals surface area (Å²) in [5, 5.41) is 12.1. The maximum atomic E-state index is 12.5. The first-order valence-electron chi connectivity index (χ1n) is 10.7. The van der Waals surface area contributed by atoms with E-state index in [4.69, 9.17) is 9.47 Å². The average molecular weight is 423 g/mol. The Kier molecular flexibility index (Phi) is 4.17. The lowest BCUT2D eigenvalue weighted by atomic mass is 9.43. The van der Waals surface area contributed by atoms with E-state index in [2.05, 4.69) is 21.3 Å². The van der Waals surface area contributed by atoms with Gasteiger partial charge in [-0.2, -0.15) is 0 Å². The van der Waals surface area contributed by atoms with Crippen LogP contribution in [0, 0.1) is 0 Å². The highest BCUT2D eigenvalue weighted by Crippen LogP contribution is 2.62. The van der Waals surface area contributed by atoms with Gasteiger partial charge in [0, 0.05) is 11.1 Å². The number of nitrogens with one attached hydrogen (secondary N) is 4. The third-order valence-electron chi connectivity index (χ3n) is 6.35. The van der Waals surface area contributed by atoms with E-state index in [0.717, 1.165) is 38.5 Å². The lowest BCUT2D eigenvalue weighted by Gasteiger charge is -2.71. The summed E-state index contributed by atoms with van der Waals surface area (Å²) in [6, 6.07) is -0.175. The maximum Gasteiger partial charge on any atom is 0.408 e. The van der Waals surface area contributed by atoms with Gasteiger partial charge in [0.05, 0.1) is 11.1 Å². The molecular weight excluding hydrogens is 388 g/mol. The number of amides is 4. The Labute approximate surface area is 177 Å². The molecule has 6 fully saturated rings. The SMILES string of the molecule is CC(C)(C)OC(=O)NC12CC(NC(=O)NC34CC(NC(=O)OC(C)(C)C)(C3)C4)(C1)C2. The largest absolute Gasteiger partial charge is 0.444 e. The van der Waals surface area contributed by atoms with E-state index in [1.54, 1.807) is 0 Å². The van der Waals surface area contributed by atoms with Crippen LogP contribution in [0.4, 0.5) is 14.4 Å². The van der Waals surface area contributed by atoms with Gasteiger partial charge in [0.15, 0.2) is 0 Å². The molecule has 0 aromatic rings. The molecule has 30 heavy (non-hydrogen) atoms. The van der Waals surface area contributed by atoms with E-state index in [0.29, 0.717) is 0 Å². The van der Waals surface area contributed by atoms with Gasteiger partial charge in [-0.05, 0) is 80.1 Å². The minimum Gasteiger partial charge on any atom is -0.444 e. The summed E-state index contributed by atoms with van der Waals surface area (Å²) in [6.45, 7) is 11.0.